The van der Waals surface area contributed by atoms with Crippen LogP contribution >= 0.6 is 23.5 Å². The summed E-state index contributed by atoms with van der Waals surface area (Å²) in [5.74, 6) is 11.3. The molecule has 2 unspecified atom stereocenters. The Morgan fingerprint density at radius 1 is 0.386 bits per heavy atom. The maximum Gasteiger partial charge on any atom is 0.0518 e. The molecule has 70 heavy (non-hydrogen) atoms. The lowest BCUT2D eigenvalue weighted by Gasteiger charge is -2.08. The molecule has 0 radical (unpaired) electrons. The van der Waals surface area contributed by atoms with Crippen molar-refractivity contribution in [1.82, 2.24) is 5.32 Å². The zero-order valence-electron chi connectivity index (χ0n) is 54.2. The second kappa shape index (κ2) is 62.4. The Kier molecular flexibility index (Phi) is 78.1. The third kappa shape index (κ3) is 123. The van der Waals surface area contributed by atoms with Gasteiger partial charge in [0, 0.05) is 62.9 Å². The highest BCUT2D eigenvalue weighted by molar-refractivity contribution is 8.00. The molecule has 0 amide bonds. The topological polar surface area (TPSA) is 64.6 Å². The molecule has 0 aromatic heterocycles. The van der Waals surface area contributed by atoms with Gasteiger partial charge < -0.3 is 14.8 Å². The summed E-state index contributed by atoms with van der Waals surface area (Å²) in [5, 5.41) is 5.65. The van der Waals surface area contributed by atoms with Gasteiger partial charge in [-0.1, -0.05) is 207 Å². The maximum absolute atomic E-state index is 11.2. The minimum absolute atomic E-state index is 0.326. The van der Waals surface area contributed by atoms with Crippen molar-refractivity contribution in [3.05, 3.63) is 0 Å². The highest BCUT2D eigenvalue weighted by Crippen LogP contribution is 2.14. The van der Waals surface area contributed by atoms with Gasteiger partial charge in [-0.15, -0.1) is 0 Å². The number of ether oxygens (including phenoxy) is 2. The SMILES string of the molecule is CC(C)CCC(C)C.CC(C)CCNC(C)C.CC(C)CCOC(C)C.CC(C)CCS(=O)C(C)C.CC(C)CCSC(C)C.CC(C)COC(C)C.CC(C)CS(=O)C(C)C.CC(C)CSC(C)C. The first kappa shape index (κ1) is 87.5. The molecule has 0 spiro atoms. The smallest absolute Gasteiger partial charge is 0.0518 e. The highest BCUT2D eigenvalue weighted by Gasteiger charge is 2.07. The Morgan fingerprint density at radius 2 is 0.771 bits per heavy atom. The largest absolute Gasteiger partial charge is 0.379 e. The van der Waals surface area contributed by atoms with Crippen molar-refractivity contribution in [1.29, 1.82) is 0 Å². The van der Waals surface area contributed by atoms with Gasteiger partial charge in [-0.3, -0.25) is 8.42 Å². The second-order valence-corrected chi connectivity index (χ2v) is 32.2. The summed E-state index contributed by atoms with van der Waals surface area (Å²) < 4.78 is 32.9. The van der Waals surface area contributed by atoms with Crippen molar-refractivity contribution in [3.63, 3.8) is 0 Å². The lowest BCUT2D eigenvalue weighted by molar-refractivity contribution is 0.0593. The van der Waals surface area contributed by atoms with Crippen molar-refractivity contribution < 1.29 is 17.9 Å². The van der Waals surface area contributed by atoms with Gasteiger partial charge in [-0.25, -0.2) is 0 Å². The lowest BCUT2D eigenvalue weighted by Crippen LogP contribution is -2.24. The molecule has 0 bridgehead atoms. The van der Waals surface area contributed by atoms with Crippen LogP contribution in [-0.2, 0) is 31.1 Å². The number of hydrogen-bond donors (Lipinski definition) is 1. The summed E-state index contributed by atoms with van der Waals surface area (Å²) >= 11 is 4.10. The second-order valence-electron chi connectivity index (χ2n) is 24.7. The minimum atomic E-state index is -0.602. The van der Waals surface area contributed by atoms with E-state index in [1.54, 1.807) is 0 Å². The number of thioether (sulfide) groups is 2. The van der Waals surface area contributed by atoms with E-state index in [0.717, 1.165) is 83.7 Å². The third-order valence-electron chi connectivity index (χ3n) is 8.86. The summed E-state index contributed by atoms with van der Waals surface area (Å²) in [4.78, 5) is 0. The molecule has 0 rings (SSSR count). The van der Waals surface area contributed by atoms with Gasteiger partial charge in [0.1, 0.15) is 0 Å². The van der Waals surface area contributed by atoms with Crippen LogP contribution in [0.15, 0.2) is 0 Å². The molecular weight excluding hydrogens is 939 g/mol. The molecule has 0 aromatic carbocycles. The van der Waals surface area contributed by atoms with E-state index in [0.29, 0.717) is 46.5 Å². The summed E-state index contributed by atoms with van der Waals surface area (Å²) in [6, 6.07) is 0.642. The lowest BCUT2D eigenvalue weighted by atomic mass is 10.0. The predicted molar refractivity (Wildman–Crippen MR) is 338 cm³/mol. The summed E-state index contributed by atoms with van der Waals surface area (Å²) in [7, 11) is -1.19. The van der Waals surface area contributed by atoms with E-state index in [-0.39, 0.29) is 0 Å². The molecule has 1 N–H and O–H groups in total. The van der Waals surface area contributed by atoms with E-state index in [9.17, 15) is 8.42 Å². The quantitative estimate of drug-likeness (QED) is 0.0837. The van der Waals surface area contributed by atoms with E-state index in [2.05, 4.69) is 211 Å². The molecule has 0 aromatic rings. The van der Waals surface area contributed by atoms with Crippen molar-refractivity contribution in [2.24, 2.45) is 53.3 Å². The molecule has 0 heterocycles. The van der Waals surface area contributed by atoms with Crippen LogP contribution < -0.4 is 5.32 Å². The van der Waals surface area contributed by atoms with Crippen LogP contribution in [0, 0.1) is 53.3 Å². The van der Waals surface area contributed by atoms with Gasteiger partial charge in [0.15, 0.2) is 0 Å². The van der Waals surface area contributed by atoms with E-state index < -0.39 is 21.6 Å². The van der Waals surface area contributed by atoms with Gasteiger partial charge in [0.25, 0.3) is 0 Å². The molecule has 0 saturated carbocycles. The molecule has 0 aliphatic heterocycles. The van der Waals surface area contributed by atoms with Crippen LogP contribution in [0.3, 0.4) is 0 Å². The zero-order valence-corrected chi connectivity index (χ0v) is 57.5. The number of rotatable bonds is 28. The van der Waals surface area contributed by atoms with Crippen molar-refractivity contribution in [2.75, 3.05) is 42.8 Å². The first-order chi connectivity index (χ1) is 31.8. The van der Waals surface area contributed by atoms with Crippen LogP contribution in [0.2, 0.25) is 0 Å². The average molecular weight is 1080 g/mol. The fourth-order valence-corrected chi connectivity index (χ4v) is 8.35. The molecule has 0 aliphatic rings. The maximum atomic E-state index is 11.2. The first-order valence-electron chi connectivity index (χ1n) is 28.8. The van der Waals surface area contributed by atoms with E-state index in [1.807, 2.05) is 39.5 Å². The fourth-order valence-electron chi connectivity index (χ4n) is 4.28. The molecular formula is C61H139NO4S4. The summed E-state index contributed by atoms with van der Waals surface area (Å²) in [5.41, 5.74) is 0. The van der Waals surface area contributed by atoms with Gasteiger partial charge in [0.05, 0.1) is 12.2 Å². The molecule has 0 aliphatic carbocycles. The molecule has 436 valence electrons. The molecule has 2 atom stereocenters. The fraction of sp³-hybridized carbons (Fsp3) is 1.00. The third-order valence-corrected chi connectivity index (χ3v) is 15.3. The van der Waals surface area contributed by atoms with Crippen LogP contribution in [0.5, 0.6) is 0 Å². The van der Waals surface area contributed by atoms with E-state index in [4.69, 9.17) is 9.47 Å². The van der Waals surface area contributed by atoms with Crippen molar-refractivity contribution >= 4 is 45.1 Å². The van der Waals surface area contributed by atoms with Crippen LogP contribution in [0.4, 0.5) is 0 Å². The van der Waals surface area contributed by atoms with Gasteiger partial charge in [-0.05, 0) is 135 Å². The predicted octanol–water partition coefficient (Wildman–Crippen LogP) is 19.6. The Bertz CT molecular complexity index is 863. The highest BCUT2D eigenvalue weighted by atomic mass is 32.2. The van der Waals surface area contributed by atoms with Crippen molar-refractivity contribution in [2.45, 2.75) is 299 Å². The van der Waals surface area contributed by atoms with Crippen LogP contribution in [-0.4, -0.2) is 90.4 Å². The Labute approximate surface area is 460 Å². The minimum Gasteiger partial charge on any atom is -0.379 e. The Morgan fingerprint density at radius 3 is 1.00 bits per heavy atom. The van der Waals surface area contributed by atoms with Gasteiger partial charge in [0.2, 0.25) is 0 Å². The van der Waals surface area contributed by atoms with Crippen molar-refractivity contribution in [3.8, 4) is 0 Å². The van der Waals surface area contributed by atoms with Gasteiger partial charge >= 0.3 is 0 Å². The zero-order chi connectivity index (χ0) is 57.1. The molecule has 9 heteroatoms. The average Bonchev–Trinajstić information content (AvgIpc) is 3.18. The monoisotopic (exact) mass is 1080 g/mol. The molecule has 5 nitrogen and oxygen atoms in total. The number of nitrogens with one attached hydrogen (secondary N) is 1. The van der Waals surface area contributed by atoms with E-state index >= 15 is 0 Å². The Balaban J connectivity index is -0.000000105. The number of hydrogen-bond acceptors (Lipinski definition) is 7. The normalized spacial score (nSPS) is 12.2. The van der Waals surface area contributed by atoms with Gasteiger partial charge in [-0.2, -0.15) is 23.5 Å². The molecule has 0 saturated heterocycles. The standard InChI is InChI=1S/C8H19N.C8H18OS.C8H18O.C8H18S.C8H18.C7H16OS.C7H16O.C7H16S/c1-7(2)5-6-9-8(3)4;1-7(2)5-6-10(9)8(3)4;2*1-7(2)5-6-9-8(3)4;1-7(2)5-6-8(3)4;1-6(2)5-9(8)7(3)4;2*1-6(2)5-8-7(3)4/h7-9H,5-6H2,1-4H3;7-8H,5-6H2,1-4H3;2*7-8H,5-6H2,1-4H3;7-8H,5-6H2,1-4H3;6-7H,5H2,1-4H3;2*6-7H,5H2,1-4H3. The first-order valence-corrected chi connectivity index (χ1v) is 33.6. The summed E-state index contributed by atoms with van der Waals surface area (Å²) in [6.45, 7) is 72.5. The van der Waals surface area contributed by atoms with Crippen LogP contribution in [0.25, 0.3) is 0 Å². The van der Waals surface area contributed by atoms with Crippen LogP contribution in [0.1, 0.15) is 260 Å². The van der Waals surface area contributed by atoms with E-state index in [1.165, 1.54) is 43.6 Å². The Hall–Kier alpha value is 0.880. The molecule has 0 fully saturated rings. The summed E-state index contributed by atoms with van der Waals surface area (Å²) in [6.07, 6.45) is 8.47.